The summed E-state index contributed by atoms with van der Waals surface area (Å²) in [4.78, 5) is 3.23. The minimum absolute atomic E-state index is 0.596. The van der Waals surface area contributed by atoms with E-state index in [1.807, 2.05) is 0 Å². The topological polar surface area (TPSA) is 27.8 Å². The van der Waals surface area contributed by atoms with Crippen LogP contribution in [0.1, 0.15) is 24.0 Å². The number of rotatable bonds is 0. The Morgan fingerprint density at radius 2 is 1.93 bits per heavy atom. The van der Waals surface area contributed by atoms with E-state index in [0.717, 1.165) is 5.92 Å². The molecule has 1 saturated carbocycles. The molecule has 2 heterocycles. The van der Waals surface area contributed by atoms with Crippen LogP contribution in [0, 0.1) is 11.3 Å². The van der Waals surface area contributed by atoms with Gasteiger partial charge in [0.25, 0.3) is 0 Å². The predicted octanol–water partition coefficient (Wildman–Crippen LogP) is 2.00. The maximum absolute atomic E-state index is 3.38. The molecule has 0 bridgehead atoms. The highest BCUT2D eigenvalue weighted by atomic mass is 14.9. The first-order valence-electron chi connectivity index (χ1n) is 5.92. The van der Waals surface area contributed by atoms with Gasteiger partial charge < -0.3 is 10.3 Å². The first-order valence-corrected chi connectivity index (χ1v) is 5.92. The Kier molecular flexibility index (Phi) is 1.33. The van der Waals surface area contributed by atoms with E-state index >= 15 is 0 Å². The molecule has 0 amide bonds. The predicted molar refractivity (Wildman–Crippen MR) is 59.4 cm³/mol. The minimum atomic E-state index is 0.596. The number of H-pyrrole nitrogens is 1. The second-order valence-corrected chi connectivity index (χ2v) is 5.56. The van der Waals surface area contributed by atoms with Crippen LogP contribution in [0.5, 0.6) is 0 Å². The quantitative estimate of drug-likeness (QED) is 0.658. The van der Waals surface area contributed by atoms with Gasteiger partial charge >= 0.3 is 0 Å². The third kappa shape index (κ3) is 0.996. The van der Waals surface area contributed by atoms with Crippen LogP contribution >= 0.6 is 0 Å². The molecule has 2 nitrogen and oxygen atoms in total. The van der Waals surface area contributed by atoms with Crippen LogP contribution in [-0.4, -0.2) is 11.5 Å². The SMILES string of the molecule is C1=C2CC3(Cc4c[nH]cc4C3)CC2CN1. The first-order chi connectivity index (χ1) is 7.35. The van der Waals surface area contributed by atoms with Crippen molar-refractivity contribution < 1.29 is 0 Å². The van der Waals surface area contributed by atoms with Gasteiger partial charge in [-0.05, 0) is 59.9 Å². The van der Waals surface area contributed by atoms with Crippen molar-refractivity contribution in [3.63, 3.8) is 0 Å². The van der Waals surface area contributed by atoms with Gasteiger partial charge in [-0.15, -0.1) is 0 Å². The molecule has 1 aromatic rings. The van der Waals surface area contributed by atoms with Crippen LogP contribution in [0.3, 0.4) is 0 Å². The zero-order chi connectivity index (χ0) is 9.88. The van der Waals surface area contributed by atoms with E-state index in [1.165, 1.54) is 32.2 Å². The second-order valence-electron chi connectivity index (χ2n) is 5.56. The molecule has 3 aliphatic rings. The molecule has 2 N–H and O–H groups in total. The highest BCUT2D eigenvalue weighted by Crippen LogP contribution is 2.53. The maximum Gasteiger partial charge on any atom is 0.0207 e. The molecule has 0 saturated heterocycles. The Hall–Kier alpha value is -1.18. The summed E-state index contributed by atoms with van der Waals surface area (Å²) in [5.41, 5.74) is 5.43. The first kappa shape index (κ1) is 8.03. The number of aromatic nitrogens is 1. The molecule has 1 aliphatic heterocycles. The molecule has 0 radical (unpaired) electrons. The fraction of sp³-hybridized carbons (Fsp3) is 0.538. The normalized spacial score (nSPS) is 30.1. The van der Waals surface area contributed by atoms with Crippen molar-refractivity contribution in [2.45, 2.75) is 25.7 Å². The molecular weight excluding hydrogens is 184 g/mol. The Morgan fingerprint density at radius 3 is 2.67 bits per heavy atom. The van der Waals surface area contributed by atoms with Gasteiger partial charge in [-0.1, -0.05) is 0 Å². The Labute approximate surface area is 89.8 Å². The van der Waals surface area contributed by atoms with Crippen molar-refractivity contribution in [1.29, 1.82) is 0 Å². The Morgan fingerprint density at radius 1 is 1.13 bits per heavy atom. The lowest BCUT2D eigenvalue weighted by Crippen LogP contribution is -2.20. The lowest BCUT2D eigenvalue weighted by molar-refractivity contribution is 0.300. The van der Waals surface area contributed by atoms with Crippen LogP contribution in [0.25, 0.3) is 0 Å². The van der Waals surface area contributed by atoms with Crippen molar-refractivity contribution in [1.82, 2.24) is 10.3 Å². The molecule has 4 rings (SSSR count). The van der Waals surface area contributed by atoms with E-state index in [-0.39, 0.29) is 0 Å². The van der Waals surface area contributed by atoms with Gasteiger partial charge in [0.05, 0.1) is 0 Å². The molecule has 78 valence electrons. The lowest BCUT2D eigenvalue weighted by Gasteiger charge is -2.23. The van der Waals surface area contributed by atoms with Crippen LogP contribution in [0.15, 0.2) is 24.2 Å². The van der Waals surface area contributed by atoms with Gasteiger partial charge in [0, 0.05) is 18.9 Å². The molecule has 1 spiro atoms. The zero-order valence-electron chi connectivity index (χ0n) is 8.84. The van der Waals surface area contributed by atoms with Crippen LogP contribution in [0.2, 0.25) is 0 Å². The van der Waals surface area contributed by atoms with E-state index < -0.39 is 0 Å². The summed E-state index contributed by atoms with van der Waals surface area (Å²) in [5.74, 6) is 0.845. The summed E-state index contributed by atoms with van der Waals surface area (Å²) >= 11 is 0. The van der Waals surface area contributed by atoms with Gasteiger partial charge in [-0.2, -0.15) is 0 Å². The van der Waals surface area contributed by atoms with Crippen molar-refractivity contribution in [3.8, 4) is 0 Å². The Bertz CT molecular complexity index is 421. The molecule has 2 aliphatic carbocycles. The summed E-state index contributed by atoms with van der Waals surface area (Å²) in [6.45, 7) is 1.19. The number of fused-ring (bicyclic) bond motifs is 2. The summed E-state index contributed by atoms with van der Waals surface area (Å²) in [7, 11) is 0. The third-order valence-electron chi connectivity index (χ3n) is 4.49. The lowest BCUT2D eigenvalue weighted by atomic mass is 9.82. The average molecular weight is 200 g/mol. The molecule has 0 aromatic carbocycles. The largest absolute Gasteiger partial charge is 0.390 e. The van der Waals surface area contributed by atoms with Crippen molar-refractivity contribution in [2.24, 2.45) is 11.3 Å². The van der Waals surface area contributed by atoms with Crippen molar-refractivity contribution >= 4 is 0 Å². The van der Waals surface area contributed by atoms with Gasteiger partial charge in [0.15, 0.2) is 0 Å². The van der Waals surface area contributed by atoms with Gasteiger partial charge in [0.1, 0.15) is 0 Å². The van der Waals surface area contributed by atoms with Gasteiger partial charge in [-0.3, -0.25) is 0 Å². The van der Waals surface area contributed by atoms with Crippen LogP contribution < -0.4 is 5.32 Å². The van der Waals surface area contributed by atoms with E-state index in [9.17, 15) is 0 Å². The Balaban J connectivity index is 1.68. The number of nitrogens with one attached hydrogen (secondary N) is 2. The van der Waals surface area contributed by atoms with E-state index in [1.54, 1.807) is 16.7 Å². The van der Waals surface area contributed by atoms with Crippen LogP contribution in [0.4, 0.5) is 0 Å². The fourth-order valence-electron chi connectivity index (χ4n) is 3.90. The molecule has 2 heteroatoms. The maximum atomic E-state index is 3.38. The smallest absolute Gasteiger partial charge is 0.0207 e. The second kappa shape index (κ2) is 2.49. The summed E-state index contributed by atoms with van der Waals surface area (Å²) < 4.78 is 0. The van der Waals surface area contributed by atoms with E-state index in [4.69, 9.17) is 0 Å². The number of hydrogen-bond donors (Lipinski definition) is 2. The van der Waals surface area contributed by atoms with E-state index in [2.05, 4.69) is 28.9 Å². The van der Waals surface area contributed by atoms with E-state index in [0.29, 0.717) is 5.41 Å². The van der Waals surface area contributed by atoms with Crippen molar-refractivity contribution in [2.75, 3.05) is 6.54 Å². The van der Waals surface area contributed by atoms with Gasteiger partial charge in [0.2, 0.25) is 0 Å². The molecule has 1 aromatic heterocycles. The highest BCUT2D eigenvalue weighted by molar-refractivity contribution is 5.36. The highest BCUT2D eigenvalue weighted by Gasteiger charge is 2.46. The number of hydrogen-bond acceptors (Lipinski definition) is 1. The third-order valence-corrected chi connectivity index (χ3v) is 4.49. The zero-order valence-corrected chi connectivity index (χ0v) is 8.84. The summed E-state index contributed by atoms with van der Waals surface area (Å²) in [6, 6.07) is 0. The van der Waals surface area contributed by atoms with Crippen LogP contribution in [-0.2, 0) is 12.8 Å². The summed E-state index contributed by atoms with van der Waals surface area (Å²) in [6.07, 6.45) is 12.0. The molecular formula is C13H16N2. The minimum Gasteiger partial charge on any atom is -0.390 e. The number of aromatic amines is 1. The molecule has 1 unspecified atom stereocenters. The summed E-state index contributed by atoms with van der Waals surface area (Å²) in [5, 5.41) is 3.38. The molecule has 15 heavy (non-hydrogen) atoms. The standard InChI is InChI=1S/C13H16N2/c1-9-5-14-6-10(9)2-13(1)3-11-7-15-8-12(11)4-13/h5-7,12,14-15H,1-4,8H2. The van der Waals surface area contributed by atoms with Gasteiger partial charge in [-0.25, -0.2) is 0 Å². The molecule has 1 fully saturated rings. The van der Waals surface area contributed by atoms with Crippen molar-refractivity contribution in [3.05, 3.63) is 35.3 Å². The molecule has 1 atom stereocenters. The fourth-order valence-corrected chi connectivity index (χ4v) is 3.90. The monoisotopic (exact) mass is 200 g/mol. The average Bonchev–Trinajstić information content (AvgIpc) is 2.84.